The molecule has 1 aromatic carbocycles. The van der Waals surface area contributed by atoms with Gasteiger partial charge in [0.05, 0.1) is 23.5 Å². The minimum atomic E-state index is -0.528. The van der Waals surface area contributed by atoms with Gasteiger partial charge in [-0.15, -0.1) is 0 Å². The largest absolute Gasteiger partial charge is 0.396 e. The molecule has 17 heavy (non-hydrogen) atoms. The first-order chi connectivity index (χ1) is 8.08. The zero-order chi connectivity index (χ0) is 12.4. The minimum Gasteiger partial charge on any atom is -0.396 e. The molecule has 0 atom stereocenters. The lowest BCUT2D eigenvalue weighted by Crippen LogP contribution is -2.22. The molecule has 0 bridgehead atoms. The molecule has 0 saturated heterocycles. The first-order valence-electron chi connectivity index (χ1n) is 4.83. The van der Waals surface area contributed by atoms with E-state index < -0.39 is 11.5 Å². The van der Waals surface area contributed by atoms with Gasteiger partial charge >= 0.3 is 5.69 Å². The topological polar surface area (TPSA) is 60.9 Å². The van der Waals surface area contributed by atoms with Gasteiger partial charge in [0.1, 0.15) is 0 Å². The lowest BCUT2D eigenvalue weighted by molar-refractivity contribution is 0.597. The fourth-order valence-corrected chi connectivity index (χ4v) is 1.61. The van der Waals surface area contributed by atoms with E-state index in [0.29, 0.717) is 10.6 Å². The van der Waals surface area contributed by atoms with Crippen molar-refractivity contribution < 1.29 is 4.39 Å². The summed E-state index contributed by atoms with van der Waals surface area (Å²) in [6.45, 7) is 0.0449. The van der Waals surface area contributed by atoms with Crippen LogP contribution in [-0.4, -0.2) is 9.55 Å². The van der Waals surface area contributed by atoms with Gasteiger partial charge in [-0.2, -0.15) is 0 Å². The fraction of sp³-hybridized carbons (Fsp3) is 0.0909. The summed E-state index contributed by atoms with van der Waals surface area (Å²) >= 11 is 5.71. The van der Waals surface area contributed by atoms with E-state index in [-0.39, 0.29) is 12.2 Å². The van der Waals surface area contributed by atoms with E-state index in [4.69, 9.17) is 17.3 Å². The monoisotopic (exact) mass is 253 g/mol. The number of nitrogens with zero attached hydrogens (tertiary/aromatic N) is 2. The fourth-order valence-electron chi connectivity index (χ4n) is 1.45. The molecule has 0 aliphatic carbocycles. The molecule has 88 valence electrons. The van der Waals surface area contributed by atoms with E-state index in [1.54, 1.807) is 12.1 Å². The first kappa shape index (κ1) is 11.6. The van der Waals surface area contributed by atoms with Crippen molar-refractivity contribution in [2.75, 3.05) is 5.73 Å². The van der Waals surface area contributed by atoms with E-state index in [1.165, 1.54) is 23.0 Å². The van der Waals surface area contributed by atoms with E-state index in [9.17, 15) is 9.18 Å². The number of anilines is 1. The van der Waals surface area contributed by atoms with Crippen LogP contribution in [0.5, 0.6) is 0 Å². The first-order valence-corrected chi connectivity index (χ1v) is 5.20. The van der Waals surface area contributed by atoms with Crippen molar-refractivity contribution >= 4 is 17.3 Å². The molecule has 6 heteroatoms. The number of benzene rings is 1. The zero-order valence-corrected chi connectivity index (χ0v) is 9.49. The molecule has 0 aliphatic heterocycles. The molecule has 2 rings (SSSR count). The highest BCUT2D eigenvalue weighted by Gasteiger charge is 2.07. The average Bonchev–Trinajstić information content (AvgIpc) is 2.30. The minimum absolute atomic E-state index is 0.0449. The summed E-state index contributed by atoms with van der Waals surface area (Å²) in [7, 11) is 0. The summed E-state index contributed by atoms with van der Waals surface area (Å²) in [5.41, 5.74) is 5.31. The second-order valence-corrected chi connectivity index (χ2v) is 3.94. The molecule has 2 aromatic rings. The van der Waals surface area contributed by atoms with E-state index in [1.807, 2.05) is 0 Å². The lowest BCUT2D eigenvalue weighted by atomic mass is 10.2. The third-order valence-electron chi connectivity index (χ3n) is 2.27. The van der Waals surface area contributed by atoms with Crippen LogP contribution in [0.1, 0.15) is 5.56 Å². The summed E-state index contributed by atoms with van der Waals surface area (Å²) in [4.78, 5) is 15.0. The maximum atomic E-state index is 13.6. The van der Waals surface area contributed by atoms with Crippen LogP contribution in [0.15, 0.2) is 35.4 Å². The van der Waals surface area contributed by atoms with Crippen LogP contribution >= 0.6 is 11.6 Å². The number of halogens is 2. The van der Waals surface area contributed by atoms with Crippen LogP contribution < -0.4 is 11.4 Å². The predicted molar refractivity (Wildman–Crippen MR) is 63.4 cm³/mol. The molecule has 1 heterocycles. The molecule has 2 N–H and O–H groups in total. The van der Waals surface area contributed by atoms with E-state index >= 15 is 0 Å². The Morgan fingerprint density at radius 1 is 1.47 bits per heavy atom. The molecule has 0 fully saturated rings. The van der Waals surface area contributed by atoms with Crippen LogP contribution in [0.25, 0.3) is 0 Å². The summed E-state index contributed by atoms with van der Waals surface area (Å²) < 4.78 is 14.8. The van der Waals surface area contributed by atoms with Gasteiger partial charge < -0.3 is 5.73 Å². The van der Waals surface area contributed by atoms with Crippen molar-refractivity contribution in [1.82, 2.24) is 9.55 Å². The molecule has 0 spiro atoms. The third kappa shape index (κ3) is 2.45. The highest BCUT2D eigenvalue weighted by atomic mass is 35.5. The van der Waals surface area contributed by atoms with Crippen molar-refractivity contribution in [3.05, 3.63) is 57.5 Å². The molecular formula is C11H9ClFN3O. The zero-order valence-electron chi connectivity index (χ0n) is 8.73. The van der Waals surface area contributed by atoms with Crippen molar-refractivity contribution in [3.63, 3.8) is 0 Å². The standard InChI is InChI=1S/C11H9ClFN3O/c12-8-4-15-11(17)16(6-8)5-7-2-1-3-9(14)10(7)13/h1-4,6H,5,14H2. The van der Waals surface area contributed by atoms with Gasteiger partial charge in [0.25, 0.3) is 0 Å². The molecule has 1 aromatic heterocycles. The van der Waals surface area contributed by atoms with Gasteiger partial charge in [-0.25, -0.2) is 14.2 Å². The summed E-state index contributed by atoms with van der Waals surface area (Å²) in [6, 6.07) is 4.63. The molecule has 0 amide bonds. The van der Waals surface area contributed by atoms with Gasteiger partial charge in [-0.1, -0.05) is 23.7 Å². The average molecular weight is 254 g/mol. The van der Waals surface area contributed by atoms with Crippen molar-refractivity contribution in [2.45, 2.75) is 6.54 Å². The van der Waals surface area contributed by atoms with Gasteiger partial charge in [0.2, 0.25) is 0 Å². The number of aromatic nitrogens is 2. The number of nitrogen functional groups attached to an aromatic ring is 1. The van der Waals surface area contributed by atoms with Crippen molar-refractivity contribution in [1.29, 1.82) is 0 Å². The highest BCUT2D eigenvalue weighted by Crippen LogP contribution is 2.15. The Labute approximate surface area is 101 Å². The number of hydrogen-bond donors (Lipinski definition) is 1. The Balaban J connectivity index is 2.41. The summed E-state index contributed by atoms with van der Waals surface area (Å²) in [6.07, 6.45) is 2.65. The maximum absolute atomic E-state index is 13.6. The molecule has 0 saturated carbocycles. The maximum Gasteiger partial charge on any atom is 0.347 e. The summed E-state index contributed by atoms with van der Waals surface area (Å²) in [5, 5.41) is 0.314. The number of nitrogens with two attached hydrogens (primary N) is 1. The van der Waals surface area contributed by atoms with Crippen molar-refractivity contribution in [2.24, 2.45) is 0 Å². The van der Waals surface area contributed by atoms with Crippen LogP contribution in [0, 0.1) is 5.82 Å². The van der Waals surface area contributed by atoms with Crippen LogP contribution in [0.2, 0.25) is 5.02 Å². The number of hydrogen-bond acceptors (Lipinski definition) is 3. The highest BCUT2D eigenvalue weighted by molar-refractivity contribution is 6.30. The van der Waals surface area contributed by atoms with Gasteiger partial charge in [-0.3, -0.25) is 4.57 Å². The van der Waals surface area contributed by atoms with Gasteiger partial charge in [0, 0.05) is 11.8 Å². The lowest BCUT2D eigenvalue weighted by Gasteiger charge is -2.07. The van der Waals surface area contributed by atoms with Gasteiger partial charge in [-0.05, 0) is 6.07 Å². The second-order valence-electron chi connectivity index (χ2n) is 3.50. The third-order valence-corrected chi connectivity index (χ3v) is 2.47. The van der Waals surface area contributed by atoms with E-state index in [2.05, 4.69) is 4.98 Å². The Kier molecular flexibility index (Phi) is 3.10. The Bertz CT molecular complexity index is 612. The smallest absolute Gasteiger partial charge is 0.347 e. The SMILES string of the molecule is Nc1cccc(Cn2cc(Cl)cnc2=O)c1F. The normalized spacial score (nSPS) is 10.5. The molecule has 0 unspecified atom stereocenters. The Hall–Kier alpha value is -1.88. The Morgan fingerprint density at radius 2 is 2.24 bits per heavy atom. The second kappa shape index (κ2) is 4.55. The quantitative estimate of drug-likeness (QED) is 0.828. The van der Waals surface area contributed by atoms with Crippen molar-refractivity contribution in [3.8, 4) is 0 Å². The molecule has 0 aliphatic rings. The van der Waals surface area contributed by atoms with Crippen LogP contribution in [0.3, 0.4) is 0 Å². The van der Waals surface area contributed by atoms with E-state index in [0.717, 1.165) is 0 Å². The predicted octanol–water partition coefficient (Wildman–Crippen LogP) is 1.67. The molecular weight excluding hydrogens is 245 g/mol. The van der Waals surface area contributed by atoms with Crippen LogP contribution in [-0.2, 0) is 6.54 Å². The Morgan fingerprint density at radius 3 is 3.00 bits per heavy atom. The van der Waals surface area contributed by atoms with Gasteiger partial charge in [0.15, 0.2) is 5.82 Å². The molecule has 4 nitrogen and oxygen atoms in total. The summed E-state index contributed by atoms with van der Waals surface area (Å²) in [5.74, 6) is -0.528. The molecule has 0 radical (unpaired) electrons. The number of rotatable bonds is 2. The van der Waals surface area contributed by atoms with Crippen LogP contribution in [0.4, 0.5) is 10.1 Å².